The van der Waals surface area contributed by atoms with Gasteiger partial charge in [0.25, 0.3) is 5.95 Å². The molecule has 0 atom stereocenters. The van der Waals surface area contributed by atoms with Crippen LogP contribution < -0.4 is 4.90 Å². The van der Waals surface area contributed by atoms with Crippen molar-refractivity contribution in [2.24, 2.45) is 0 Å². The maximum absolute atomic E-state index is 13.4. The smallest absolute Gasteiger partial charge is 0.250 e. The Kier molecular flexibility index (Phi) is 5.78. The van der Waals surface area contributed by atoms with Gasteiger partial charge in [0.1, 0.15) is 11.5 Å². The average molecular weight is 445 g/mol. The quantitative estimate of drug-likeness (QED) is 0.468. The predicted molar refractivity (Wildman–Crippen MR) is 124 cm³/mol. The first-order chi connectivity index (χ1) is 16.1. The Morgan fingerprint density at radius 2 is 1.55 bits per heavy atom. The minimum atomic E-state index is -0.259. The summed E-state index contributed by atoms with van der Waals surface area (Å²) in [5, 5.41) is 4.67. The van der Waals surface area contributed by atoms with Crippen LogP contribution in [0.4, 0.5) is 10.2 Å². The molecular weight excluding hydrogens is 419 g/mol. The highest BCUT2D eigenvalue weighted by atomic mass is 19.1. The summed E-state index contributed by atoms with van der Waals surface area (Å²) < 4.78 is 15.2. The van der Waals surface area contributed by atoms with Crippen LogP contribution in [-0.4, -0.2) is 60.8 Å². The van der Waals surface area contributed by atoms with Crippen LogP contribution in [0, 0.1) is 19.7 Å². The van der Waals surface area contributed by atoms with Crippen molar-refractivity contribution >= 4 is 5.82 Å². The summed E-state index contributed by atoms with van der Waals surface area (Å²) in [6.07, 6.45) is 6.84. The summed E-state index contributed by atoms with van der Waals surface area (Å²) in [4.78, 5) is 22.5. The Labute approximate surface area is 191 Å². The van der Waals surface area contributed by atoms with Crippen LogP contribution in [0.2, 0.25) is 0 Å². The number of aryl methyl sites for hydroxylation is 1. The molecule has 0 amide bonds. The summed E-state index contributed by atoms with van der Waals surface area (Å²) in [6.45, 7) is 8.38. The van der Waals surface area contributed by atoms with Crippen molar-refractivity contribution in [2.75, 3.05) is 31.1 Å². The molecule has 1 aliphatic heterocycles. The number of nitrogens with zero attached hydrogens (tertiary/aromatic N) is 8. The van der Waals surface area contributed by atoms with Gasteiger partial charge in [0.05, 0.1) is 5.69 Å². The van der Waals surface area contributed by atoms with Gasteiger partial charge in [-0.1, -0.05) is 0 Å². The molecule has 33 heavy (non-hydrogen) atoms. The summed E-state index contributed by atoms with van der Waals surface area (Å²) in [5.41, 5.74) is 4.91. The molecule has 168 valence electrons. The lowest BCUT2D eigenvalue weighted by Crippen LogP contribution is -2.46. The molecule has 4 aromatic rings. The van der Waals surface area contributed by atoms with E-state index in [4.69, 9.17) is 0 Å². The predicted octanol–water partition coefficient (Wildman–Crippen LogP) is 3.20. The van der Waals surface area contributed by atoms with E-state index in [-0.39, 0.29) is 5.82 Å². The average Bonchev–Trinajstić information content (AvgIpc) is 3.14. The Morgan fingerprint density at radius 3 is 2.27 bits per heavy atom. The van der Waals surface area contributed by atoms with E-state index < -0.39 is 0 Å². The molecule has 0 saturated carbocycles. The van der Waals surface area contributed by atoms with E-state index in [1.165, 1.54) is 17.7 Å². The standard InChI is InChI=1S/C24H25FN8/c1-17-21(18(2)33(30-17)24-28-8-3-9-29-24)16-31-12-14-32(15-13-31)23-22(26-10-11-27-23)19-4-6-20(25)7-5-19/h3-11H,12-16H2,1-2H3. The van der Waals surface area contributed by atoms with Gasteiger partial charge in [0.15, 0.2) is 5.82 Å². The maximum Gasteiger partial charge on any atom is 0.250 e. The van der Waals surface area contributed by atoms with Crippen molar-refractivity contribution in [3.63, 3.8) is 0 Å². The van der Waals surface area contributed by atoms with Gasteiger partial charge >= 0.3 is 0 Å². The zero-order valence-electron chi connectivity index (χ0n) is 18.7. The largest absolute Gasteiger partial charge is 0.352 e. The van der Waals surface area contributed by atoms with Crippen molar-refractivity contribution in [1.29, 1.82) is 0 Å². The summed E-state index contributed by atoms with van der Waals surface area (Å²) >= 11 is 0. The van der Waals surface area contributed by atoms with Gasteiger partial charge in [-0.15, -0.1) is 0 Å². The minimum absolute atomic E-state index is 0.259. The van der Waals surface area contributed by atoms with E-state index in [0.717, 1.165) is 61.2 Å². The number of piperazine rings is 1. The molecule has 4 heterocycles. The first-order valence-electron chi connectivity index (χ1n) is 11.0. The Balaban J connectivity index is 1.30. The fourth-order valence-electron chi connectivity index (χ4n) is 4.21. The molecule has 1 fully saturated rings. The van der Waals surface area contributed by atoms with Gasteiger partial charge < -0.3 is 4.90 Å². The lowest BCUT2D eigenvalue weighted by atomic mass is 10.1. The van der Waals surface area contributed by atoms with E-state index in [1.807, 2.05) is 11.6 Å². The van der Waals surface area contributed by atoms with Gasteiger partial charge in [-0.3, -0.25) is 9.88 Å². The fourth-order valence-corrected chi connectivity index (χ4v) is 4.21. The number of rotatable bonds is 5. The topological polar surface area (TPSA) is 75.9 Å². The fraction of sp³-hybridized carbons (Fsp3) is 0.292. The lowest BCUT2D eigenvalue weighted by Gasteiger charge is -2.36. The Bertz CT molecular complexity index is 1230. The molecule has 3 aromatic heterocycles. The number of anilines is 1. The number of hydrogen-bond acceptors (Lipinski definition) is 7. The molecule has 0 unspecified atom stereocenters. The number of halogens is 1. The second kappa shape index (κ2) is 9.03. The van der Waals surface area contributed by atoms with Crippen LogP contribution in [0.1, 0.15) is 17.0 Å². The highest BCUT2D eigenvalue weighted by molar-refractivity contribution is 5.72. The molecule has 8 nitrogen and oxygen atoms in total. The molecule has 0 radical (unpaired) electrons. The third-order valence-electron chi connectivity index (χ3n) is 6.03. The minimum Gasteiger partial charge on any atom is -0.352 e. The van der Waals surface area contributed by atoms with Crippen LogP contribution >= 0.6 is 0 Å². The molecule has 1 aromatic carbocycles. The molecule has 1 saturated heterocycles. The highest BCUT2D eigenvalue weighted by Gasteiger charge is 2.23. The maximum atomic E-state index is 13.4. The third kappa shape index (κ3) is 4.31. The van der Waals surface area contributed by atoms with Crippen LogP contribution in [-0.2, 0) is 6.54 Å². The van der Waals surface area contributed by atoms with Crippen LogP contribution in [0.5, 0.6) is 0 Å². The van der Waals surface area contributed by atoms with Gasteiger partial charge in [-0.2, -0.15) is 5.10 Å². The van der Waals surface area contributed by atoms with Crippen molar-refractivity contribution in [1.82, 2.24) is 34.6 Å². The van der Waals surface area contributed by atoms with Crippen LogP contribution in [0.25, 0.3) is 17.2 Å². The van der Waals surface area contributed by atoms with Crippen molar-refractivity contribution in [2.45, 2.75) is 20.4 Å². The molecule has 9 heteroatoms. The van der Waals surface area contributed by atoms with E-state index in [0.29, 0.717) is 5.95 Å². The molecule has 1 aliphatic rings. The highest BCUT2D eigenvalue weighted by Crippen LogP contribution is 2.28. The summed E-state index contributed by atoms with van der Waals surface area (Å²) in [6, 6.07) is 8.21. The summed E-state index contributed by atoms with van der Waals surface area (Å²) in [7, 11) is 0. The first-order valence-corrected chi connectivity index (χ1v) is 11.0. The van der Waals surface area contributed by atoms with Gasteiger partial charge in [0.2, 0.25) is 0 Å². The number of aromatic nitrogens is 6. The van der Waals surface area contributed by atoms with E-state index in [2.05, 4.69) is 41.8 Å². The van der Waals surface area contributed by atoms with Crippen molar-refractivity contribution in [3.8, 4) is 17.2 Å². The Hall–Kier alpha value is -3.72. The third-order valence-corrected chi connectivity index (χ3v) is 6.03. The zero-order valence-corrected chi connectivity index (χ0v) is 18.7. The molecule has 0 bridgehead atoms. The van der Waals surface area contributed by atoms with Crippen LogP contribution in [0.3, 0.4) is 0 Å². The molecule has 0 N–H and O–H groups in total. The van der Waals surface area contributed by atoms with E-state index in [9.17, 15) is 4.39 Å². The van der Waals surface area contributed by atoms with Crippen molar-refractivity contribution < 1.29 is 4.39 Å². The monoisotopic (exact) mass is 444 g/mol. The zero-order chi connectivity index (χ0) is 22.8. The van der Waals surface area contributed by atoms with Crippen molar-refractivity contribution in [3.05, 3.63) is 77.9 Å². The summed E-state index contributed by atoms with van der Waals surface area (Å²) in [5.74, 6) is 1.17. The van der Waals surface area contributed by atoms with E-state index in [1.54, 1.807) is 43.0 Å². The SMILES string of the molecule is Cc1nn(-c2ncccn2)c(C)c1CN1CCN(c2nccnc2-c2ccc(F)cc2)CC1. The van der Waals surface area contributed by atoms with E-state index >= 15 is 0 Å². The van der Waals surface area contributed by atoms with Gasteiger partial charge in [0, 0.05) is 74.3 Å². The molecule has 0 aliphatic carbocycles. The molecular formula is C24H25FN8. The first kappa shape index (κ1) is 21.1. The number of benzene rings is 1. The lowest BCUT2D eigenvalue weighted by molar-refractivity contribution is 0.248. The van der Waals surface area contributed by atoms with Gasteiger partial charge in [-0.25, -0.2) is 24.0 Å². The van der Waals surface area contributed by atoms with Gasteiger partial charge in [-0.05, 0) is 44.2 Å². The second-order valence-corrected chi connectivity index (χ2v) is 8.11. The Morgan fingerprint density at radius 1 is 0.848 bits per heavy atom. The molecule has 0 spiro atoms. The molecule has 5 rings (SSSR count). The number of hydrogen-bond donors (Lipinski definition) is 0. The second-order valence-electron chi connectivity index (χ2n) is 8.11. The van der Waals surface area contributed by atoms with Crippen LogP contribution in [0.15, 0.2) is 55.1 Å². The normalized spacial score (nSPS) is 14.6.